The minimum absolute atomic E-state index is 0.209. The van der Waals surface area contributed by atoms with E-state index in [1.165, 1.54) is 18.3 Å². The molecule has 0 N–H and O–H groups in total. The van der Waals surface area contributed by atoms with Crippen LogP contribution in [0.25, 0.3) is 11.1 Å². The van der Waals surface area contributed by atoms with Crippen molar-refractivity contribution in [3.63, 3.8) is 0 Å². The van der Waals surface area contributed by atoms with Gasteiger partial charge in [-0.15, -0.1) is 0 Å². The molecule has 2 aromatic rings. The molecule has 0 aliphatic heterocycles. The van der Waals surface area contributed by atoms with Gasteiger partial charge in [-0.25, -0.2) is 4.98 Å². The third-order valence-corrected chi connectivity index (χ3v) is 2.58. The van der Waals surface area contributed by atoms with E-state index in [-0.39, 0.29) is 5.69 Å². The highest BCUT2D eigenvalue weighted by Gasteiger charge is 2.32. The number of alkyl halides is 3. The van der Waals surface area contributed by atoms with Crippen LogP contribution in [0.2, 0.25) is 0 Å². The highest BCUT2D eigenvalue weighted by molar-refractivity contribution is 5.67. The fraction of sp³-hybridized carbons (Fsp3) is 0.154. The van der Waals surface area contributed by atoms with Crippen molar-refractivity contribution in [2.24, 2.45) is 0 Å². The van der Waals surface area contributed by atoms with Gasteiger partial charge in [-0.05, 0) is 30.2 Å². The Balaban J connectivity index is 2.46. The average Bonchev–Trinajstić information content (AvgIpc) is 2.38. The molecule has 0 fully saturated rings. The Morgan fingerprint density at radius 3 is 2.42 bits per heavy atom. The van der Waals surface area contributed by atoms with E-state index in [2.05, 4.69) is 9.97 Å². The van der Waals surface area contributed by atoms with Crippen molar-refractivity contribution < 1.29 is 13.2 Å². The number of hydrogen-bond acceptors (Lipinski definition) is 3. The molecule has 0 aliphatic carbocycles. The first-order valence-corrected chi connectivity index (χ1v) is 5.32. The Kier molecular flexibility index (Phi) is 3.21. The molecule has 19 heavy (non-hydrogen) atoms. The van der Waals surface area contributed by atoms with Crippen molar-refractivity contribution >= 4 is 0 Å². The highest BCUT2D eigenvalue weighted by Crippen LogP contribution is 2.29. The van der Waals surface area contributed by atoms with E-state index in [4.69, 9.17) is 5.26 Å². The van der Waals surface area contributed by atoms with Gasteiger partial charge < -0.3 is 0 Å². The zero-order valence-electron chi connectivity index (χ0n) is 9.86. The average molecular weight is 263 g/mol. The van der Waals surface area contributed by atoms with Crippen LogP contribution in [-0.4, -0.2) is 9.97 Å². The number of aryl methyl sites for hydroxylation is 1. The molecule has 0 aromatic carbocycles. The first kappa shape index (κ1) is 13.0. The quantitative estimate of drug-likeness (QED) is 0.792. The van der Waals surface area contributed by atoms with Crippen LogP contribution in [0, 0.1) is 18.3 Å². The number of rotatable bonds is 1. The molecule has 0 saturated carbocycles. The summed E-state index contributed by atoms with van der Waals surface area (Å²) in [5.41, 5.74) is 1.20. The maximum atomic E-state index is 12.4. The fourth-order valence-electron chi connectivity index (χ4n) is 1.62. The summed E-state index contributed by atoms with van der Waals surface area (Å²) in [6, 6.07) is 5.67. The van der Waals surface area contributed by atoms with Crippen molar-refractivity contribution in [2.45, 2.75) is 13.1 Å². The van der Waals surface area contributed by atoms with Gasteiger partial charge in [0.2, 0.25) is 0 Å². The normalized spacial score (nSPS) is 11.1. The summed E-state index contributed by atoms with van der Waals surface area (Å²) in [5.74, 6) is 0. The summed E-state index contributed by atoms with van der Waals surface area (Å²) in [6.45, 7) is 1.77. The summed E-state index contributed by atoms with van der Waals surface area (Å²) >= 11 is 0. The van der Waals surface area contributed by atoms with Gasteiger partial charge >= 0.3 is 6.18 Å². The molecule has 0 saturated heterocycles. The van der Waals surface area contributed by atoms with E-state index < -0.39 is 11.9 Å². The SMILES string of the molecule is Cc1cnc(C#N)cc1-c1ccc(C(F)(F)F)nc1. The molecule has 0 spiro atoms. The predicted molar refractivity (Wildman–Crippen MR) is 61.9 cm³/mol. The molecule has 0 bridgehead atoms. The van der Waals surface area contributed by atoms with E-state index in [1.54, 1.807) is 6.92 Å². The van der Waals surface area contributed by atoms with Crippen LogP contribution < -0.4 is 0 Å². The summed E-state index contributed by atoms with van der Waals surface area (Å²) in [6.07, 6.45) is -1.80. The largest absolute Gasteiger partial charge is 0.433 e. The molecule has 0 amide bonds. The first-order chi connectivity index (χ1) is 8.91. The maximum absolute atomic E-state index is 12.4. The van der Waals surface area contributed by atoms with E-state index >= 15 is 0 Å². The second-order valence-electron chi connectivity index (χ2n) is 3.93. The van der Waals surface area contributed by atoms with E-state index in [9.17, 15) is 13.2 Å². The minimum Gasteiger partial charge on any atom is -0.251 e. The lowest BCUT2D eigenvalue weighted by Gasteiger charge is -2.08. The molecule has 0 atom stereocenters. The van der Waals surface area contributed by atoms with Gasteiger partial charge in [-0.2, -0.15) is 18.4 Å². The van der Waals surface area contributed by atoms with E-state index in [1.807, 2.05) is 6.07 Å². The molecule has 3 nitrogen and oxygen atoms in total. The van der Waals surface area contributed by atoms with Crippen LogP contribution in [0.5, 0.6) is 0 Å². The Labute approximate surface area is 107 Å². The fourth-order valence-corrected chi connectivity index (χ4v) is 1.62. The summed E-state index contributed by atoms with van der Waals surface area (Å²) < 4.78 is 37.2. The molecular weight excluding hydrogens is 255 g/mol. The van der Waals surface area contributed by atoms with Crippen LogP contribution in [0.3, 0.4) is 0 Å². The smallest absolute Gasteiger partial charge is 0.251 e. The highest BCUT2D eigenvalue weighted by atomic mass is 19.4. The van der Waals surface area contributed by atoms with Gasteiger partial charge in [-0.1, -0.05) is 6.07 Å². The Bertz CT molecular complexity index is 640. The standard InChI is InChI=1S/C13H8F3N3/c1-8-6-18-10(5-17)4-11(8)9-2-3-12(19-7-9)13(14,15)16/h2-4,6-7H,1H3. The monoisotopic (exact) mass is 263 g/mol. The van der Waals surface area contributed by atoms with Gasteiger partial charge in [0.1, 0.15) is 17.5 Å². The molecule has 0 aliphatic rings. The number of hydrogen-bond donors (Lipinski definition) is 0. The molecule has 2 rings (SSSR count). The Morgan fingerprint density at radius 2 is 1.89 bits per heavy atom. The van der Waals surface area contributed by atoms with Gasteiger partial charge in [0.25, 0.3) is 0 Å². The summed E-state index contributed by atoms with van der Waals surface area (Å²) in [5, 5.41) is 8.77. The van der Waals surface area contributed by atoms with Crippen LogP contribution in [0.4, 0.5) is 13.2 Å². The molecule has 0 unspecified atom stereocenters. The van der Waals surface area contributed by atoms with Crippen molar-refractivity contribution in [3.8, 4) is 17.2 Å². The van der Waals surface area contributed by atoms with Crippen LogP contribution in [-0.2, 0) is 6.18 Å². The maximum Gasteiger partial charge on any atom is 0.433 e. The van der Waals surface area contributed by atoms with Crippen molar-refractivity contribution in [1.82, 2.24) is 9.97 Å². The molecule has 96 valence electrons. The number of halogens is 3. The molecule has 2 aromatic heterocycles. The van der Waals surface area contributed by atoms with Gasteiger partial charge in [0.05, 0.1) is 0 Å². The second-order valence-corrected chi connectivity index (χ2v) is 3.93. The summed E-state index contributed by atoms with van der Waals surface area (Å²) in [7, 11) is 0. The Hall–Kier alpha value is -2.42. The zero-order valence-corrected chi connectivity index (χ0v) is 9.86. The minimum atomic E-state index is -4.45. The van der Waals surface area contributed by atoms with Gasteiger partial charge in [0, 0.05) is 18.0 Å². The van der Waals surface area contributed by atoms with Crippen molar-refractivity contribution in [3.05, 3.63) is 47.5 Å². The van der Waals surface area contributed by atoms with E-state index in [0.717, 1.165) is 17.8 Å². The number of nitriles is 1. The zero-order chi connectivity index (χ0) is 14.0. The first-order valence-electron chi connectivity index (χ1n) is 5.32. The summed E-state index contributed by atoms with van der Waals surface area (Å²) in [4.78, 5) is 7.27. The molecule has 6 heteroatoms. The Morgan fingerprint density at radius 1 is 1.16 bits per heavy atom. The number of nitrogens with zero attached hydrogens (tertiary/aromatic N) is 3. The van der Waals surface area contributed by atoms with Crippen molar-refractivity contribution in [2.75, 3.05) is 0 Å². The van der Waals surface area contributed by atoms with Crippen molar-refractivity contribution in [1.29, 1.82) is 5.26 Å². The molecular formula is C13H8F3N3. The van der Waals surface area contributed by atoms with Crippen LogP contribution in [0.1, 0.15) is 17.0 Å². The topological polar surface area (TPSA) is 49.6 Å². The van der Waals surface area contributed by atoms with Crippen LogP contribution >= 0.6 is 0 Å². The van der Waals surface area contributed by atoms with Crippen LogP contribution in [0.15, 0.2) is 30.6 Å². The van der Waals surface area contributed by atoms with Gasteiger partial charge in [-0.3, -0.25) is 4.98 Å². The molecule has 2 heterocycles. The lowest BCUT2D eigenvalue weighted by Crippen LogP contribution is -2.07. The molecule has 0 radical (unpaired) electrons. The lowest BCUT2D eigenvalue weighted by molar-refractivity contribution is -0.141. The van der Waals surface area contributed by atoms with Gasteiger partial charge in [0.15, 0.2) is 0 Å². The number of pyridine rings is 2. The second kappa shape index (κ2) is 4.69. The predicted octanol–water partition coefficient (Wildman–Crippen LogP) is 3.34. The third kappa shape index (κ3) is 2.71. The lowest BCUT2D eigenvalue weighted by atomic mass is 10.0. The number of aromatic nitrogens is 2. The third-order valence-electron chi connectivity index (χ3n) is 2.58. The van der Waals surface area contributed by atoms with E-state index in [0.29, 0.717) is 11.1 Å².